The van der Waals surface area contributed by atoms with Crippen molar-refractivity contribution >= 4 is 5.91 Å². The predicted octanol–water partition coefficient (Wildman–Crippen LogP) is 2.58. The predicted molar refractivity (Wildman–Crippen MR) is 87.8 cm³/mol. The summed E-state index contributed by atoms with van der Waals surface area (Å²) < 4.78 is 0. The van der Waals surface area contributed by atoms with Gasteiger partial charge < -0.3 is 10.3 Å². The number of aromatic amines is 1. The van der Waals surface area contributed by atoms with Crippen LogP contribution in [0.1, 0.15) is 34.5 Å². The van der Waals surface area contributed by atoms with Gasteiger partial charge in [-0.2, -0.15) is 0 Å². The molecule has 3 rings (SSSR count). The maximum Gasteiger partial charge on any atom is 0.267 e. The fourth-order valence-electron chi connectivity index (χ4n) is 2.97. The zero-order valence-electron chi connectivity index (χ0n) is 12.8. The third-order valence-electron chi connectivity index (χ3n) is 4.24. The Bertz CT molecular complexity index is 607. The van der Waals surface area contributed by atoms with Gasteiger partial charge in [0.25, 0.3) is 5.91 Å². The molecule has 116 valence electrons. The Morgan fingerprint density at radius 2 is 2.00 bits per heavy atom. The quantitative estimate of drug-likeness (QED) is 0.805. The minimum atomic E-state index is -0.0168. The highest BCUT2D eigenvalue weighted by Crippen LogP contribution is 2.18. The van der Waals surface area contributed by atoms with E-state index in [0.717, 1.165) is 45.4 Å². The van der Waals surface area contributed by atoms with Gasteiger partial charge in [0.15, 0.2) is 0 Å². The van der Waals surface area contributed by atoms with E-state index >= 15 is 0 Å². The molecule has 1 aliphatic rings. The Labute approximate surface area is 131 Å². The first-order valence-electron chi connectivity index (χ1n) is 8.03. The molecular weight excluding hydrogens is 274 g/mol. The molecule has 4 heteroatoms. The second kappa shape index (κ2) is 7.27. The number of hydrogen-bond donors (Lipinski definition) is 2. The number of nitrogens with zero attached hydrogens (tertiary/aromatic N) is 1. The van der Waals surface area contributed by atoms with Gasteiger partial charge in [0.1, 0.15) is 5.69 Å². The Morgan fingerprint density at radius 3 is 2.82 bits per heavy atom. The number of amides is 1. The summed E-state index contributed by atoms with van der Waals surface area (Å²) in [6.07, 6.45) is 5.06. The zero-order chi connectivity index (χ0) is 15.2. The molecule has 0 bridgehead atoms. The number of nitrogens with one attached hydrogen (secondary N) is 2. The van der Waals surface area contributed by atoms with Gasteiger partial charge >= 0.3 is 0 Å². The van der Waals surface area contributed by atoms with E-state index in [1.807, 2.05) is 6.07 Å². The monoisotopic (exact) mass is 297 g/mol. The zero-order valence-corrected chi connectivity index (χ0v) is 12.8. The highest BCUT2D eigenvalue weighted by atomic mass is 16.1. The molecular formula is C18H23N3O. The lowest BCUT2D eigenvalue weighted by atomic mass is 10.00. The van der Waals surface area contributed by atoms with E-state index in [2.05, 4.69) is 39.5 Å². The first-order chi connectivity index (χ1) is 10.8. The standard InChI is InChI=1S/C18H23N3O/c22-18(17-8-5-11-19-17)20-10-3-4-12-21-13-9-15-6-1-2-7-16(15)14-21/h1-2,5-8,11,19H,3-4,9-10,12-14H2,(H,20,22). The number of benzene rings is 1. The number of aromatic nitrogens is 1. The van der Waals surface area contributed by atoms with Gasteiger partial charge in [-0.15, -0.1) is 0 Å². The van der Waals surface area contributed by atoms with E-state index in [1.54, 1.807) is 12.3 Å². The highest BCUT2D eigenvalue weighted by Gasteiger charge is 2.14. The molecule has 1 amide bonds. The Hall–Kier alpha value is -2.07. The van der Waals surface area contributed by atoms with Gasteiger partial charge in [-0.05, 0) is 49.1 Å². The summed E-state index contributed by atoms with van der Waals surface area (Å²) in [5.74, 6) is -0.0168. The number of rotatable bonds is 6. The molecule has 2 N–H and O–H groups in total. The molecule has 1 aromatic heterocycles. The molecule has 0 saturated heterocycles. The van der Waals surface area contributed by atoms with Gasteiger partial charge in [-0.3, -0.25) is 9.69 Å². The van der Waals surface area contributed by atoms with Gasteiger partial charge in [0.05, 0.1) is 0 Å². The number of hydrogen-bond acceptors (Lipinski definition) is 2. The van der Waals surface area contributed by atoms with Gasteiger partial charge in [-0.1, -0.05) is 24.3 Å². The van der Waals surface area contributed by atoms with Gasteiger partial charge in [0, 0.05) is 25.8 Å². The van der Waals surface area contributed by atoms with Crippen molar-refractivity contribution in [3.63, 3.8) is 0 Å². The second-order valence-electron chi connectivity index (χ2n) is 5.84. The Balaban J connectivity index is 1.34. The summed E-state index contributed by atoms with van der Waals surface area (Å²) in [5, 5.41) is 2.95. The van der Waals surface area contributed by atoms with Crippen LogP contribution < -0.4 is 5.32 Å². The molecule has 1 aromatic carbocycles. The first-order valence-corrected chi connectivity index (χ1v) is 8.03. The molecule has 2 heterocycles. The topological polar surface area (TPSA) is 48.1 Å². The normalized spacial score (nSPS) is 14.5. The number of fused-ring (bicyclic) bond motifs is 1. The third-order valence-corrected chi connectivity index (χ3v) is 4.24. The summed E-state index contributed by atoms with van der Waals surface area (Å²) in [4.78, 5) is 17.2. The van der Waals surface area contributed by atoms with Crippen molar-refractivity contribution in [1.82, 2.24) is 15.2 Å². The third kappa shape index (κ3) is 3.77. The van der Waals surface area contributed by atoms with Crippen molar-refractivity contribution in [3.05, 3.63) is 59.4 Å². The molecule has 0 radical (unpaired) electrons. The van der Waals surface area contributed by atoms with Crippen LogP contribution in [0.5, 0.6) is 0 Å². The lowest BCUT2D eigenvalue weighted by molar-refractivity contribution is 0.0948. The van der Waals surface area contributed by atoms with E-state index in [0.29, 0.717) is 5.69 Å². The Kier molecular flexibility index (Phi) is 4.91. The van der Waals surface area contributed by atoms with Crippen LogP contribution in [0.15, 0.2) is 42.6 Å². The summed E-state index contributed by atoms with van der Waals surface area (Å²) in [6.45, 7) is 4.05. The average Bonchev–Trinajstić information content (AvgIpc) is 3.09. The highest BCUT2D eigenvalue weighted by molar-refractivity contribution is 5.92. The number of carbonyl (C=O) groups excluding carboxylic acids is 1. The molecule has 0 unspecified atom stereocenters. The first kappa shape index (κ1) is 14.9. The fourth-order valence-corrected chi connectivity index (χ4v) is 2.97. The molecule has 0 aliphatic carbocycles. The number of carbonyl (C=O) groups is 1. The van der Waals surface area contributed by atoms with Crippen LogP contribution in [0.3, 0.4) is 0 Å². The largest absolute Gasteiger partial charge is 0.357 e. The maximum absolute atomic E-state index is 11.8. The molecule has 0 saturated carbocycles. The van der Waals surface area contributed by atoms with Crippen LogP contribution in [-0.4, -0.2) is 35.4 Å². The van der Waals surface area contributed by atoms with Crippen LogP contribution in [0.2, 0.25) is 0 Å². The molecule has 1 aliphatic heterocycles. The smallest absolute Gasteiger partial charge is 0.267 e. The van der Waals surface area contributed by atoms with Crippen LogP contribution in [0, 0.1) is 0 Å². The molecule has 0 spiro atoms. The average molecular weight is 297 g/mol. The van der Waals surface area contributed by atoms with E-state index in [-0.39, 0.29) is 5.91 Å². The van der Waals surface area contributed by atoms with Crippen molar-refractivity contribution in [2.45, 2.75) is 25.8 Å². The van der Waals surface area contributed by atoms with E-state index < -0.39 is 0 Å². The van der Waals surface area contributed by atoms with Crippen LogP contribution in [-0.2, 0) is 13.0 Å². The Morgan fingerprint density at radius 1 is 1.14 bits per heavy atom. The maximum atomic E-state index is 11.8. The van der Waals surface area contributed by atoms with Crippen LogP contribution >= 0.6 is 0 Å². The lowest BCUT2D eigenvalue weighted by Crippen LogP contribution is -2.32. The molecule has 0 atom stereocenters. The molecule has 0 fully saturated rings. The minimum absolute atomic E-state index is 0.0168. The van der Waals surface area contributed by atoms with Crippen molar-refractivity contribution < 1.29 is 4.79 Å². The fraction of sp³-hybridized carbons (Fsp3) is 0.389. The van der Waals surface area contributed by atoms with E-state index in [1.165, 1.54) is 11.1 Å². The number of unbranched alkanes of at least 4 members (excludes halogenated alkanes) is 1. The van der Waals surface area contributed by atoms with E-state index in [4.69, 9.17) is 0 Å². The SMILES string of the molecule is O=C(NCCCCN1CCc2ccccc2C1)c1ccc[nH]1. The van der Waals surface area contributed by atoms with Gasteiger partial charge in [0.2, 0.25) is 0 Å². The summed E-state index contributed by atoms with van der Waals surface area (Å²) in [5.41, 5.74) is 3.60. The number of H-pyrrole nitrogens is 1. The van der Waals surface area contributed by atoms with Crippen molar-refractivity contribution in [2.24, 2.45) is 0 Å². The summed E-state index contributed by atoms with van der Waals surface area (Å²) in [6, 6.07) is 12.4. The molecule has 2 aromatic rings. The molecule has 22 heavy (non-hydrogen) atoms. The second-order valence-corrected chi connectivity index (χ2v) is 5.84. The van der Waals surface area contributed by atoms with Crippen LogP contribution in [0.4, 0.5) is 0 Å². The summed E-state index contributed by atoms with van der Waals surface area (Å²) in [7, 11) is 0. The summed E-state index contributed by atoms with van der Waals surface area (Å²) >= 11 is 0. The van der Waals surface area contributed by atoms with Gasteiger partial charge in [-0.25, -0.2) is 0 Å². The van der Waals surface area contributed by atoms with Crippen molar-refractivity contribution in [1.29, 1.82) is 0 Å². The van der Waals surface area contributed by atoms with Crippen molar-refractivity contribution in [2.75, 3.05) is 19.6 Å². The lowest BCUT2D eigenvalue weighted by Gasteiger charge is -2.28. The molecule has 4 nitrogen and oxygen atoms in total. The van der Waals surface area contributed by atoms with E-state index in [9.17, 15) is 4.79 Å². The minimum Gasteiger partial charge on any atom is -0.357 e. The van der Waals surface area contributed by atoms with Crippen molar-refractivity contribution in [3.8, 4) is 0 Å². The van der Waals surface area contributed by atoms with Crippen LogP contribution in [0.25, 0.3) is 0 Å².